The highest BCUT2D eigenvalue weighted by molar-refractivity contribution is 5.87. The monoisotopic (exact) mass is 334 g/mol. The number of benzene rings is 3. The molecule has 0 aromatic heterocycles. The second-order valence-electron chi connectivity index (χ2n) is 5.89. The number of hydrogen-bond acceptors (Lipinski definition) is 3. The van der Waals surface area contributed by atoms with Crippen molar-refractivity contribution >= 4 is 17.6 Å². The van der Waals surface area contributed by atoms with Crippen molar-refractivity contribution in [3.05, 3.63) is 83.2 Å². The number of anilines is 2. The van der Waals surface area contributed by atoms with E-state index in [9.17, 15) is 4.39 Å². The van der Waals surface area contributed by atoms with E-state index in [4.69, 9.17) is 10.5 Å². The van der Waals surface area contributed by atoms with E-state index in [-0.39, 0.29) is 12.4 Å². The van der Waals surface area contributed by atoms with Gasteiger partial charge in [0.15, 0.2) is 0 Å². The van der Waals surface area contributed by atoms with Gasteiger partial charge in [0.05, 0.1) is 6.61 Å². The van der Waals surface area contributed by atoms with E-state index in [2.05, 4.69) is 5.32 Å². The van der Waals surface area contributed by atoms with Crippen LogP contribution in [0.2, 0.25) is 0 Å². The summed E-state index contributed by atoms with van der Waals surface area (Å²) in [5, 5.41) is 19.8. The molecule has 3 nitrogen and oxygen atoms in total. The molecule has 0 heterocycles. The fourth-order valence-corrected chi connectivity index (χ4v) is 2.63. The zero-order chi connectivity index (χ0) is 17.8. The Morgan fingerprint density at radius 1 is 1.00 bits per heavy atom. The largest absolute Gasteiger partial charge is 0.392 e. The molecule has 0 bridgehead atoms. The van der Waals surface area contributed by atoms with Crippen LogP contribution in [0.15, 0.2) is 60.7 Å². The van der Waals surface area contributed by atoms with Crippen molar-refractivity contribution in [1.29, 1.82) is 5.41 Å². The molecule has 3 aromatic carbocycles. The molecule has 0 aliphatic carbocycles. The molecule has 0 aliphatic rings. The number of rotatable bonds is 5. The topological polar surface area (TPSA) is 56.1 Å². The maximum Gasteiger partial charge on any atom is 0.126 e. The summed E-state index contributed by atoms with van der Waals surface area (Å²) in [5.41, 5.74) is 5.63. The second-order valence-corrected chi connectivity index (χ2v) is 5.89. The first-order valence-electron chi connectivity index (χ1n) is 7.98. The van der Waals surface area contributed by atoms with E-state index >= 15 is 0 Å². The Kier molecular flexibility index (Phi) is 4.91. The van der Waals surface area contributed by atoms with Crippen LogP contribution in [0.3, 0.4) is 0 Å². The van der Waals surface area contributed by atoms with Gasteiger partial charge in [-0.2, -0.15) is 0 Å². The van der Waals surface area contributed by atoms with Crippen LogP contribution in [0.4, 0.5) is 15.8 Å². The van der Waals surface area contributed by atoms with Crippen LogP contribution in [0.5, 0.6) is 0 Å². The highest BCUT2D eigenvalue weighted by atomic mass is 19.1. The molecule has 0 amide bonds. The summed E-state index contributed by atoms with van der Waals surface area (Å²) >= 11 is 0. The molecule has 25 heavy (non-hydrogen) atoms. The molecule has 126 valence electrons. The summed E-state index contributed by atoms with van der Waals surface area (Å²) in [7, 11) is 0. The van der Waals surface area contributed by atoms with Crippen molar-refractivity contribution in [2.45, 2.75) is 13.5 Å². The Labute approximate surface area is 146 Å². The van der Waals surface area contributed by atoms with Crippen molar-refractivity contribution in [3.63, 3.8) is 0 Å². The van der Waals surface area contributed by atoms with Crippen LogP contribution >= 0.6 is 0 Å². The van der Waals surface area contributed by atoms with Gasteiger partial charge in [0.2, 0.25) is 0 Å². The third-order valence-electron chi connectivity index (χ3n) is 4.12. The fraction of sp³-hybridized carbons (Fsp3) is 0.0952. The minimum absolute atomic E-state index is 0.0373. The Bertz CT molecular complexity index is 887. The number of hydrogen-bond donors (Lipinski definition) is 3. The summed E-state index contributed by atoms with van der Waals surface area (Å²) < 4.78 is 13.6. The normalized spacial score (nSPS) is 10.5. The molecule has 0 spiro atoms. The van der Waals surface area contributed by atoms with Gasteiger partial charge in [-0.15, -0.1) is 0 Å². The minimum atomic E-state index is -0.314. The van der Waals surface area contributed by atoms with Gasteiger partial charge >= 0.3 is 0 Å². The minimum Gasteiger partial charge on any atom is -0.392 e. The molecule has 0 unspecified atom stereocenters. The summed E-state index contributed by atoms with van der Waals surface area (Å²) in [6, 6.07) is 18.7. The van der Waals surface area contributed by atoms with Gasteiger partial charge in [-0.25, -0.2) is 4.39 Å². The zero-order valence-corrected chi connectivity index (χ0v) is 13.9. The Morgan fingerprint density at radius 3 is 2.16 bits per heavy atom. The van der Waals surface area contributed by atoms with E-state index in [0.29, 0.717) is 16.8 Å². The summed E-state index contributed by atoms with van der Waals surface area (Å²) in [5.74, 6) is -0.314. The maximum atomic E-state index is 13.6. The fourth-order valence-electron chi connectivity index (χ4n) is 2.63. The third kappa shape index (κ3) is 3.75. The molecule has 0 saturated heterocycles. The zero-order valence-electron chi connectivity index (χ0n) is 13.9. The van der Waals surface area contributed by atoms with Crippen LogP contribution in [0.25, 0.3) is 11.1 Å². The number of aryl methyl sites for hydroxylation is 1. The first-order valence-corrected chi connectivity index (χ1v) is 7.98. The van der Waals surface area contributed by atoms with Crippen LogP contribution < -0.4 is 5.32 Å². The standard InChI is InChI=1S/C21H19FN2O/c1-14-10-21(18(12-23)11-20(14)22)24-19-8-6-17(7-9-19)16-4-2-15(13-25)3-5-16/h2-12,23-25H,13H2,1H3. The average Bonchev–Trinajstić information content (AvgIpc) is 2.65. The lowest BCUT2D eigenvalue weighted by Crippen LogP contribution is -1.98. The second kappa shape index (κ2) is 7.28. The molecule has 0 radical (unpaired) electrons. The predicted molar refractivity (Wildman–Crippen MR) is 100 cm³/mol. The molecular weight excluding hydrogens is 315 g/mol. The van der Waals surface area contributed by atoms with Gasteiger partial charge < -0.3 is 15.8 Å². The van der Waals surface area contributed by atoms with Gasteiger partial charge in [-0.05, 0) is 53.4 Å². The Morgan fingerprint density at radius 2 is 1.60 bits per heavy atom. The average molecular weight is 334 g/mol. The maximum absolute atomic E-state index is 13.6. The molecule has 3 rings (SSSR count). The van der Waals surface area contributed by atoms with Crippen molar-refractivity contribution < 1.29 is 9.50 Å². The van der Waals surface area contributed by atoms with E-state index < -0.39 is 0 Å². The van der Waals surface area contributed by atoms with Gasteiger partial charge in [0, 0.05) is 23.2 Å². The van der Waals surface area contributed by atoms with E-state index in [1.807, 2.05) is 48.5 Å². The molecular formula is C21H19FN2O. The number of nitrogens with one attached hydrogen (secondary N) is 2. The number of aliphatic hydroxyl groups excluding tert-OH is 1. The van der Waals surface area contributed by atoms with Crippen molar-refractivity contribution in [2.24, 2.45) is 0 Å². The van der Waals surface area contributed by atoms with Gasteiger partial charge in [-0.3, -0.25) is 0 Å². The number of aliphatic hydroxyl groups is 1. The van der Waals surface area contributed by atoms with Crippen molar-refractivity contribution in [1.82, 2.24) is 0 Å². The van der Waals surface area contributed by atoms with Crippen LogP contribution in [-0.4, -0.2) is 11.3 Å². The smallest absolute Gasteiger partial charge is 0.126 e. The summed E-state index contributed by atoms with van der Waals surface area (Å²) in [6.07, 6.45) is 1.14. The first-order chi connectivity index (χ1) is 12.1. The quantitative estimate of drug-likeness (QED) is 0.573. The SMILES string of the molecule is Cc1cc(Nc2ccc(-c3ccc(CO)cc3)cc2)c(C=N)cc1F. The summed E-state index contributed by atoms with van der Waals surface area (Å²) in [4.78, 5) is 0. The lowest BCUT2D eigenvalue weighted by Gasteiger charge is -2.12. The molecule has 3 aromatic rings. The van der Waals surface area contributed by atoms with Gasteiger partial charge in [0.25, 0.3) is 0 Å². The van der Waals surface area contributed by atoms with Gasteiger partial charge in [-0.1, -0.05) is 36.4 Å². The Hall–Kier alpha value is -2.98. The third-order valence-corrected chi connectivity index (χ3v) is 4.12. The molecule has 0 atom stereocenters. The molecule has 0 saturated carbocycles. The first kappa shape index (κ1) is 16.9. The highest BCUT2D eigenvalue weighted by Crippen LogP contribution is 2.26. The lowest BCUT2D eigenvalue weighted by atomic mass is 10.0. The van der Waals surface area contributed by atoms with Gasteiger partial charge in [0.1, 0.15) is 5.82 Å². The Balaban J connectivity index is 1.83. The molecule has 4 heteroatoms. The van der Waals surface area contributed by atoms with Crippen LogP contribution in [0, 0.1) is 18.2 Å². The van der Waals surface area contributed by atoms with E-state index in [1.165, 1.54) is 6.07 Å². The molecule has 0 aliphatic heterocycles. The number of halogens is 1. The predicted octanol–water partition coefficient (Wildman–Crippen LogP) is 5.03. The molecule has 0 fully saturated rings. The van der Waals surface area contributed by atoms with Crippen molar-refractivity contribution in [2.75, 3.05) is 5.32 Å². The lowest BCUT2D eigenvalue weighted by molar-refractivity contribution is 0.282. The van der Waals surface area contributed by atoms with E-state index in [0.717, 1.165) is 28.6 Å². The highest BCUT2D eigenvalue weighted by Gasteiger charge is 2.06. The molecule has 3 N–H and O–H groups in total. The summed E-state index contributed by atoms with van der Waals surface area (Å²) in [6.45, 7) is 1.74. The van der Waals surface area contributed by atoms with E-state index in [1.54, 1.807) is 13.0 Å². The van der Waals surface area contributed by atoms with Crippen LogP contribution in [-0.2, 0) is 6.61 Å². The van der Waals surface area contributed by atoms with Crippen LogP contribution in [0.1, 0.15) is 16.7 Å². The van der Waals surface area contributed by atoms with Crippen molar-refractivity contribution in [3.8, 4) is 11.1 Å².